The van der Waals surface area contributed by atoms with E-state index < -0.39 is 33.7 Å². The van der Waals surface area contributed by atoms with Gasteiger partial charge in [-0.25, -0.2) is 0 Å². The number of aliphatic hydroxyl groups excluding tert-OH is 2. The molecule has 0 unspecified atom stereocenters. The van der Waals surface area contributed by atoms with Gasteiger partial charge < -0.3 is 20.6 Å². The highest BCUT2D eigenvalue weighted by atomic mass is 32.2. The molecule has 4 rings (SSSR count). The maximum atomic E-state index is 12.2. The highest BCUT2D eigenvalue weighted by Crippen LogP contribution is 2.69. The molecule has 0 aliphatic heterocycles. The summed E-state index contributed by atoms with van der Waals surface area (Å²) in [6.45, 7) is 6.68. The SMILES string of the molecule is C[C@H](CCC(=O)NCCS(=O)(=O)O)[C@H]1CC[C@H]2[C@@H]3C[C@@H](O)[C@@]4(O)C[C@@H](O)CC[C@]4(C)[C@H]3CC[C@]12C. The van der Waals surface area contributed by atoms with Crippen molar-refractivity contribution < 1.29 is 33.1 Å². The Kier molecular flexibility index (Phi) is 7.43. The van der Waals surface area contributed by atoms with Crippen LogP contribution in [0.25, 0.3) is 0 Å². The normalized spacial score (nSPS) is 46.3. The summed E-state index contributed by atoms with van der Waals surface area (Å²) in [7, 11) is -4.08. The summed E-state index contributed by atoms with van der Waals surface area (Å²) >= 11 is 0. The van der Waals surface area contributed by atoms with Crippen molar-refractivity contribution in [3.05, 3.63) is 0 Å². The summed E-state index contributed by atoms with van der Waals surface area (Å²) in [5, 5.41) is 35.6. The van der Waals surface area contributed by atoms with Crippen molar-refractivity contribution in [3.8, 4) is 0 Å². The number of fused-ring (bicyclic) bond motifs is 5. The van der Waals surface area contributed by atoms with Crippen LogP contribution in [0.5, 0.6) is 0 Å². The molecule has 4 aliphatic carbocycles. The lowest BCUT2D eigenvalue weighted by atomic mass is 9.42. The number of hydrogen-bond donors (Lipinski definition) is 5. The molecule has 0 saturated heterocycles. The monoisotopic (exact) mass is 515 g/mol. The maximum Gasteiger partial charge on any atom is 0.266 e. The Hall–Kier alpha value is -0.740. The lowest BCUT2D eigenvalue weighted by molar-refractivity contribution is -0.264. The zero-order valence-electron chi connectivity index (χ0n) is 21.4. The lowest BCUT2D eigenvalue weighted by Gasteiger charge is -2.65. The van der Waals surface area contributed by atoms with Crippen LogP contribution in [0, 0.1) is 40.4 Å². The van der Waals surface area contributed by atoms with E-state index in [9.17, 15) is 28.5 Å². The van der Waals surface area contributed by atoms with Crippen LogP contribution in [0.4, 0.5) is 0 Å². The molecule has 1 amide bonds. The number of aliphatic hydroxyl groups is 3. The fraction of sp³-hybridized carbons (Fsp3) is 0.962. The highest BCUT2D eigenvalue weighted by Gasteiger charge is 2.67. The van der Waals surface area contributed by atoms with Gasteiger partial charge in [0.2, 0.25) is 5.91 Å². The molecular weight excluding hydrogens is 470 g/mol. The van der Waals surface area contributed by atoms with Gasteiger partial charge in [0.15, 0.2) is 0 Å². The predicted molar refractivity (Wildman–Crippen MR) is 132 cm³/mol. The van der Waals surface area contributed by atoms with Crippen molar-refractivity contribution in [1.82, 2.24) is 5.32 Å². The number of rotatable bonds is 7. The number of amides is 1. The van der Waals surface area contributed by atoms with Gasteiger partial charge in [0.1, 0.15) is 0 Å². The summed E-state index contributed by atoms with van der Waals surface area (Å²) in [5.41, 5.74) is -1.45. The highest BCUT2D eigenvalue weighted by molar-refractivity contribution is 7.85. The van der Waals surface area contributed by atoms with Gasteiger partial charge in [0.05, 0.1) is 23.6 Å². The first-order valence-corrected chi connectivity index (χ1v) is 15.1. The topological polar surface area (TPSA) is 144 Å². The zero-order valence-corrected chi connectivity index (χ0v) is 22.3. The van der Waals surface area contributed by atoms with E-state index in [1.807, 2.05) is 0 Å². The Bertz CT molecular complexity index is 911. The van der Waals surface area contributed by atoms with Gasteiger partial charge in [-0.1, -0.05) is 20.8 Å². The minimum absolute atomic E-state index is 0.0806. The third kappa shape index (κ3) is 4.80. The summed E-state index contributed by atoms with van der Waals surface area (Å²) < 4.78 is 30.5. The van der Waals surface area contributed by atoms with Gasteiger partial charge in [-0.3, -0.25) is 9.35 Å². The Morgan fingerprint density at radius 2 is 1.80 bits per heavy atom. The molecule has 0 aromatic carbocycles. The summed E-state index contributed by atoms with van der Waals surface area (Å²) in [6.07, 6.45) is 6.33. The van der Waals surface area contributed by atoms with Gasteiger partial charge >= 0.3 is 0 Å². The first-order valence-electron chi connectivity index (χ1n) is 13.5. The lowest BCUT2D eigenvalue weighted by Crippen LogP contribution is -2.68. The number of hydrogen-bond acceptors (Lipinski definition) is 6. The van der Waals surface area contributed by atoms with E-state index in [4.69, 9.17) is 4.55 Å². The molecule has 0 spiro atoms. The van der Waals surface area contributed by atoms with Gasteiger partial charge in [-0.2, -0.15) is 8.42 Å². The minimum Gasteiger partial charge on any atom is -0.393 e. The molecule has 4 fully saturated rings. The predicted octanol–water partition coefficient (Wildman–Crippen LogP) is 2.51. The number of carbonyl (C=O) groups is 1. The zero-order chi connectivity index (χ0) is 25.8. The van der Waals surface area contributed by atoms with Crippen molar-refractivity contribution >= 4 is 16.0 Å². The molecule has 0 aromatic rings. The number of nitrogens with one attached hydrogen (secondary N) is 1. The molecule has 4 aliphatic rings. The van der Waals surface area contributed by atoms with Gasteiger partial charge in [-0.15, -0.1) is 0 Å². The molecule has 5 N–H and O–H groups in total. The van der Waals surface area contributed by atoms with Crippen molar-refractivity contribution in [2.24, 2.45) is 40.4 Å². The Morgan fingerprint density at radius 1 is 1.09 bits per heavy atom. The van der Waals surface area contributed by atoms with Gasteiger partial charge in [0.25, 0.3) is 10.1 Å². The van der Waals surface area contributed by atoms with Crippen molar-refractivity contribution in [2.75, 3.05) is 12.3 Å². The largest absolute Gasteiger partial charge is 0.393 e. The summed E-state index contributed by atoms with van der Waals surface area (Å²) in [4.78, 5) is 12.2. The molecule has 0 heterocycles. The minimum atomic E-state index is -4.08. The molecule has 0 aromatic heterocycles. The fourth-order valence-corrected chi connectivity index (χ4v) is 9.56. The van der Waals surface area contributed by atoms with Crippen LogP contribution >= 0.6 is 0 Å². The van der Waals surface area contributed by atoms with Crippen LogP contribution < -0.4 is 5.32 Å². The van der Waals surface area contributed by atoms with E-state index in [2.05, 4.69) is 26.1 Å². The van der Waals surface area contributed by atoms with Crippen molar-refractivity contribution in [2.45, 2.75) is 103 Å². The quantitative estimate of drug-likeness (QED) is 0.328. The third-order valence-corrected chi connectivity index (χ3v) is 11.8. The molecule has 10 atom stereocenters. The smallest absolute Gasteiger partial charge is 0.266 e. The first-order chi connectivity index (χ1) is 16.2. The molecule has 35 heavy (non-hydrogen) atoms. The molecule has 4 saturated carbocycles. The Labute approximate surface area is 210 Å². The molecular formula is C26H45NO7S. The van der Waals surface area contributed by atoms with Crippen LogP contribution in [-0.2, 0) is 14.9 Å². The second kappa shape index (κ2) is 9.53. The van der Waals surface area contributed by atoms with E-state index in [-0.39, 0.29) is 29.7 Å². The molecule has 8 nitrogen and oxygen atoms in total. The van der Waals surface area contributed by atoms with E-state index in [1.165, 1.54) is 0 Å². The summed E-state index contributed by atoms with van der Waals surface area (Å²) in [5.74, 6) is 1.37. The molecule has 0 radical (unpaired) electrons. The Morgan fingerprint density at radius 3 is 2.49 bits per heavy atom. The summed E-state index contributed by atoms with van der Waals surface area (Å²) in [6, 6.07) is 0. The molecule has 0 bridgehead atoms. The van der Waals surface area contributed by atoms with E-state index in [0.717, 1.165) is 38.5 Å². The van der Waals surface area contributed by atoms with Crippen LogP contribution in [0.3, 0.4) is 0 Å². The molecule has 9 heteroatoms. The van der Waals surface area contributed by atoms with E-state index >= 15 is 0 Å². The van der Waals surface area contributed by atoms with Crippen molar-refractivity contribution in [3.63, 3.8) is 0 Å². The van der Waals surface area contributed by atoms with Gasteiger partial charge in [0, 0.05) is 24.8 Å². The van der Waals surface area contributed by atoms with Crippen LogP contribution in [0.2, 0.25) is 0 Å². The van der Waals surface area contributed by atoms with Crippen LogP contribution in [0.1, 0.15) is 85.0 Å². The number of carbonyl (C=O) groups excluding carboxylic acids is 1. The average molecular weight is 516 g/mol. The second-order valence-electron chi connectivity index (χ2n) is 12.7. The first kappa shape index (κ1) is 27.3. The standard InChI is InChI=1S/C26H45NO7S/c1-16(4-7-23(30)27-12-13-35(32,33)34)19-5-6-20-18-14-22(29)26(31)15-17(28)8-11-25(26,3)21(18)9-10-24(19,20)2/h16-22,28-29,31H,4-15H2,1-3H3,(H,27,30)(H,32,33,34)/t16-,17+,18+,19-,20+,21+,22-,24-,25-,26+/m1/s1. The average Bonchev–Trinajstić information content (AvgIpc) is 3.11. The van der Waals surface area contributed by atoms with E-state index in [1.54, 1.807) is 0 Å². The third-order valence-electron chi connectivity index (χ3n) is 11.1. The Balaban J connectivity index is 1.41. The second-order valence-corrected chi connectivity index (χ2v) is 14.3. The van der Waals surface area contributed by atoms with Crippen molar-refractivity contribution in [1.29, 1.82) is 0 Å². The molecule has 202 valence electrons. The van der Waals surface area contributed by atoms with E-state index in [0.29, 0.717) is 48.9 Å². The van der Waals surface area contributed by atoms with Gasteiger partial charge in [-0.05, 0) is 86.4 Å². The van der Waals surface area contributed by atoms with Crippen LogP contribution in [0.15, 0.2) is 0 Å². The van der Waals surface area contributed by atoms with Crippen LogP contribution in [-0.4, -0.2) is 64.3 Å². The maximum absolute atomic E-state index is 12.2. The fourth-order valence-electron chi connectivity index (χ4n) is 9.20.